The first-order valence-electron chi connectivity index (χ1n) is 9.43. The fraction of sp³-hybridized carbons (Fsp3) is 0.381. The Morgan fingerprint density at radius 3 is 2.46 bits per heavy atom. The lowest BCUT2D eigenvalue weighted by molar-refractivity contribution is -0.139. The van der Waals surface area contributed by atoms with E-state index in [1.807, 2.05) is 18.2 Å². The Morgan fingerprint density at radius 2 is 1.79 bits per heavy atom. The van der Waals surface area contributed by atoms with Gasteiger partial charge in [-0.05, 0) is 31.9 Å². The first kappa shape index (κ1) is 19.7. The number of carbonyl (C=O) groups excluding carboxylic acids is 2. The third kappa shape index (κ3) is 4.60. The predicted octanol–water partition coefficient (Wildman–Crippen LogP) is 2.94. The summed E-state index contributed by atoms with van der Waals surface area (Å²) in [5, 5.41) is 15.9. The summed E-state index contributed by atoms with van der Waals surface area (Å²) in [6.45, 7) is 1.22. The minimum atomic E-state index is -1.06. The fourth-order valence-electron chi connectivity index (χ4n) is 3.47. The molecule has 2 aromatic carbocycles. The summed E-state index contributed by atoms with van der Waals surface area (Å²) in [4.78, 5) is 35.6. The van der Waals surface area contributed by atoms with Gasteiger partial charge in [0.1, 0.15) is 11.8 Å². The Hall–Kier alpha value is -3.09. The van der Waals surface area contributed by atoms with Gasteiger partial charge < -0.3 is 20.5 Å². The Morgan fingerprint density at radius 1 is 1.11 bits per heavy atom. The minimum Gasteiger partial charge on any atom is -0.481 e. The summed E-state index contributed by atoms with van der Waals surface area (Å²) in [5.41, 5.74) is 0.574. The second-order valence-electron chi connectivity index (χ2n) is 7.04. The summed E-state index contributed by atoms with van der Waals surface area (Å²) in [6, 6.07) is 9.89. The normalized spacial score (nSPS) is 15.2. The molecule has 0 aromatic heterocycles. The van der Waals surface area contributed by atoms with E-state index in [2.05, 4.69) is 10.6 Å². The summed E-state index contributed by atoms with van der Waals surface area (Å²) in [7, 11) is 0. The molecule has 0 aliphatic heterocycles. The SMILES string of the molecule is CC(NC(=O)C1CCCC1)C(=O)Nc1ccc(OCC(=O)O)c2ccccc12. The molecule has 0 heterocycles. The molecule has 1 aliphatic rings. The highest BCUT2D eigenvalue weighted by Gasteiger charge is 2.25. The Kier molecular flexibility index (Phi) is 6.13. The van der Waals surface area contributed by atoms with Crippen LogP contribution < -0.4 is 15.4 Å². The van der Waals surface area contributed by atoms with E-state index < -0.39 is 18.6 Å². The van der Waals surface area contributed by atoms with Crippen molar-refractivity contribution < 1.29 is 24.2 Å². The van der Waals surface area contributed by atoms with Crippen LogP contribution in [-0.2, 0) is 14.4 Å². The topological polar surface area (TPSA) is 105 Å². The number of carbonyl (C=O) groups is 3. The Bertz CT molecular complexity index is 889. The number of ether oxygens (including phenoxy) is 1. The van der Waals surface area contributed by atoms with E-state index >= 15 is 0 Å². The van der Waals surface area contributed by atoms with Gasteiger partial charge in [-0.1, -0.05) is 37.1 Å². The Balaban J connectivity index is 1.72. The van der Waals surface area contributed by atoms with Crippen LogP contribution in [0.15, 0.2) is 36.4 Å². The van der Waals surface area contributed by atoms with Crippen molar-refractivity contribution in [1.29, 1.82) is 0 Å². The van der Waals surface area contributed by atoms with Crippen molar-refractivity contribution in [2.24, 2.45) is 5.92 Å². The van der Waals surface area contributed by atoms with Crippen LogP contribution in [-0.4, -0.2) is 35.5 Å². The second kappa shape index (κ2) is 8.73. The molecule has 0 radical (unpaired) electrons. The fourth-order valence-corrected chi connectivity index (χ4v) is 3.47. The van der Waals surface area contributed by atoms with Crippen LogP contribution in [0.25, 0.3) is 10.8 Å². The average molecular weight is 384 g/mol. The Labute approximate surface area is 163 Å². The second-order valence-corrected chi connectivity index (χ2v) is 7.04. The van der Waals surface area contributed by atoms with Gasteiger partial charge in [0, 0.05) is 22.4 Å². The quantitative estimate of drug-likeness (QED) is 0.681. The van der Waals surface area contributed by atoms with Gasteiger partial charge in [0.2, 0.25) is 11.8 Å². The largest absolute Gasteiger partial charge is 0.481 e. The van der Waals surface area contributed by atoms with Crippen LogP contribution in [0.3, 0.4) is 0 Å². The molecule has 7 heteroatoms. The molecule has 1 atom stereocenters. The van der Waals surface area contributed by atoms with Crippen molar-refractivity contribution >= 4 is 34.2 Å². The molecule has 0 bridgehead atoms. The molecule has 7 nitrogen and oxygen atoms in total. The van der Waals surface area contributed by atoms with Crippen LogP contribution in [0.2, 0.25) is 0 Å². The number of anilines is 1. The maximum absolute atomic E-state index is 12.6. The lowest BCUT2D eigenvalue weighted by atomic mass is 10.1. The average Bonchev–Trinajstić information content (AvgIpc) is 3.22. The van der Waals surface area contributed by atoms with Crippen molar-refractivity contribution in [2.45, 2.75) is 38.6 Å². The number of fused-ring (bicyclic) bond motifs is 1. The summed E-state index contributed by atoms with van der Waals surface area (Å²) >= 11 is 0. The maximum Gasteiger partial charge on any atom is 0.341 e. The third-order valence-electron chi connectivity index (χ3n) is 4.97. The number of hydrogen-bond acceptors (Lipinski definition) is 4. The van der Waals surface area contributed by atoms with Gasteiger partial charge in [0.15, 0.2) is 6.61 Å². The molecule has 2 amide bonds. The van der Waals surface area contributed by atoms with Crippen LogP contribution >= 0.6 is 0 Å². The predicted molar refractivity (Wildman–Crippen MR) is 105 cm³/mol. The van der Waals surface area contributed by atoms with Gasteiger partial charge in [-0.25, -0.2) is 4.79 Å². The van der Waals surface area contributed by atoms with E-state index in [-0.39, 0.29) is 17.7 Å². The summed E-state index contributed by atoms with van der Waals surface area (Å²) < 4.78 is 5.33. The van der Waals surface area contributed by atoms with Gasteiger partial charge in [0.25, 0.3) is 0 Å². The number of aliphatic carboxylic acids is 1. The molecule has 148 valence electrons. The number of hydrogen-bond donors (Lipinski definition) is 3. The molecular weight excluding hydrogens is 360 g/mol. The third-order valence-corrected chi connectivity index (χ3v) is 4.97. The van der Waals surface area contributed by atoms with E-state index in [0.29, 0.717) is 16.8 Å². The molecule has 1 saturated carbocycles. The first-order valence-corrected chi connectivity index (χ1v) is 9.43. The molecule has 28 heavy (non-hydrogen) atoms. The molecular formula is C21H24N2O5. The number of carboxylic acid groups (broad SMARTS) is 1. The highest BCUT2D eigenvalue weighted by molar-refractivity contribution is 6.06. The van der Waals surface area contributed by atoms with Gasteiger partial charge in [0.05, 0.1) is 0 Å². The highest BCUT2D eigenvalue weighted by atomic mass is 16.5. The van der Waals surface area contributed by atoms with Gasteiger partial charge in [-0.15, -0.1) is 0 Å². The van der Waals surface area contributed by atoms with Crippen molar-refractivity contribution in [1.82, 2.24) is 5.32 Å². The van der Waals surface area contributed by atoms with E-state index in [1.165, 1.54) is 0 Å². The van der Waals surface area contributed by atoms with Crippen LogP contribution in [0, 0.1) is 5.92 Å². The molecule has 3 rings (SSSR count). The van der Waals surface area contributed by atoms with Gasteiger partial charge >= 0.3 is 5.97 Å². The zero-order valence-corrected chi connectivity index (χ0v) is 15.7. The number of benzene rings is 2. The van der Waals surface area contributed by atoms with Crippen LogP contribution in [0.5, 0.6) is 5.75 Å². The zero-order chi connectivity index (χ0) is 20.1. The lowest BCUT2D eigenvalue weighted by Crippen LogP contribution is -2.43. The maximum atomic E-state index is 12.6. The van der Waals surface area contributed by atoms with E-state index in [4.69, 9.17) is 9.84 Å². The number of rotatable bonds is 7. The smallest absolute Gasteiger partial charge is 0.341 e. The molecule has 1 unspecified atom stereocenters. The lowest BCUT2D eigenvalue weighted by Gasteiger charge is -2.18. The monoisotopic (exact) mass is 384 g/mol. The van der Waals surface area contributed by atoms with Crippen molar-refractivity contribution in [3.63, 3.8) is 0 Å². The molecule has 2 aromatic rings. The van der Waals surface area contributed by atoms with Gasteiger partial charge in [-0.3, -0.25) is 9.59 Å². The highest BCUT2D eigenvalue weighted by Crippen LogP contribution is 2.31. The van der Waals surface area contributed by atoms with E-state index in [9.17, 15) is 14.4 Å². The summed E-state index contributed by atoms with van der Waals surface area (Å²) in [5.74, 6) is -1.01. The number of amides is 2. The molecule has 0 spiro atoms. The summed E-state index contributed by atoms with van der Waals surface area (Å²) in [6.07, 6.45) is 3.87. The van der Waals surface area contributed by atoms with Gasteiger partial charge in [-0.2, -0.15) is 0 Å². The van der Waals surface area contributed by atoms with Crippen molar-refractivity contribution in [3.05, 3.63) is 36.4 Å². The zero-order valence-electron chi connectivity index (χ0n) is 15.7. The minimum absolute atomic E-state index is 0.00162. The molecule has 3 N–H and O–H groups in total. The van der Waals surface area contributed by atoms with Crippen LogP contribution in [0.1, 0.15) is 32.6 Å². The van der Waals surface area contributed by atoms with E-state index in [0.717, 1.165) is 31.1 Å². The number of carboxylic acids is 1. The standard InChI is InChI=1S/C21H24N2O5/c1-13(22-21(27)14-6-2-3-7-14)20(26)23-17-10-11-18(28-12-19(24)25)16-9-5-4-8-15(16)17/h4-5,8-11,13-14H,2-3,6-7,12H2,1H3,(H,22,27)(H,23,26)(H,24,25). The van der Waals surface area contributed by atoms with Crippen molar-refractivity contribution in [3.8, 4) is 5.75 Å². The van der Waals surface area contributed by atoms with Crippen LogP contribution in [0.4, 0.5) is 5.69 Å². The number of nitrogens with one attached hydrogen (secondary N) is 2. The molecule has 1 fully saturated rings. The van der Waals surface area contributed by atoms with Crippen molar-refractivity contribution in [2.75, 3.05) is 11.9 Å². The molecule has 0 saturated heterocycles. The molecule has 1 aliphatic carbocycles. The first-order chi connectivity index (χ1) is 13.5. The van der Waals surface area contributed by atoms with E-state index in [1.54, 1.807) is 25.1 Å².